The zero-order valence-electron chi connectivity index (χ0n) is 32.6. The molecule has 12 fully saturated rings. The van der Waals surface area contributed by atoms with Crippen molar-refractivity contribution in [1.29, 1.82) is 0 Å². The second-order valence-electron chi connectivity index (χ2n) is 19.9. The van der Waals surface area contributed by atoms with Crippen LogP contribution in [0.3, 0.4) is 0 Å². The molecule has 0 aromatic rings. The molecule has 0 radical (unpaired) electrons. The summed E-state index contributed by atoms with van der Waals surface area (Å²) in [5, 5.41) is -1.86. The van der Waals surface area contributed by atoms with Gasteiger partial charge in [-0.2, -0.15) is 0 Å². The molecule has 0 N–H and O–H groups in total. The molecule has 0 amide bonds. The van der Waals surface area contributed by atoms with E-state index in [2.05, 4.69) is 0 Å². The third kappa shape index (κ3) is 5.01. The predicted molar refractivity (Wildman–Crippen MR) is 309 cm³/mol. The molecule has 14 aliphatic carbocycles. The van der Waals surface area contributed by atoms with Crippen LogP contribution in [-0.4, -0.2) is 126 Å². The van der Waals surface area contributed by atoms with Crippen molar-refractivity contribution in [2.75, 3.05) is 0 Å². The molecule has 70 heavy (non-hydrogen) atoms. The molecular weight excluding hydrogens is 1570 g/mol. The number of alkyl halides is 27. The van der Waals surface area contributed by atoms with E-state index in [-0.39, 0.29) is 51.3 Å². The van der Waals surface area contributed by atoms with Crippen molar-refractivity contribution in [1.82, 2.24) is 0 Å². The highest BCUT2D eigenvalue weighted by molar-refractivity contribution is 6.82. The van der Waals surface area contributed by atoms with Crippen molar-refractivity contribution in [2.45, 2.75) is 132 Å². The molecule has 1 nitrogen and oxygen atoms in total. The van der Waals surface area contributed by atoms with Gasteiger partial charge in [0.25, 0.3) is 0 Å². The molecule has 394 valence electrons. The van der Waals surface area contributed by atoms with Crippen LogP contribution < -0.4 is 0 Å². The van der Waals surface area contributed by atoms with Crippen molar-refractivity contribution in [3.8, 4) is 0 Å². The maximum Gasteiger partial charge on any atom is 0.167 e. The summed E-state index contributed by atoms with van der Waals surface area (Å²) in [4.78, 5) is -18.9. The molecule has 1 aliphatic heterocycles. The van der Waals surface area contributed by atoms with Crippen molar-refractivity contribution in [3.63, 3.8) is 0 Å². The third-order valence-corrected chi connectivity index (χ3v) is 42.0. The molecule has 1 saturated heterocycles. The van der Waals surface area contributed by atoms with Crippen LogP contribution in [0.4, 0.5) is 0 Å². The van der Waals surface area contributed by atoms with Gasteiger partial charge in [-0.25, -0.2) is 0 Å². The van der Waals surface area contributed by atoms with Gasteiger partial charge in [-0.05, 0) is 30.1 Å². The van der Waals surface area contributed by atoms with E-state index in [4.69, 9.17) is 364 Å². The Morgan fingerprint density at radius 3 is 0.886 bits per heavy atom. The molecule has 13 unspecified atom stereocenters. The summed E-state index contributed by atoms with van der Waals surface area (Å²) < 4.78 is -0.974. The van der Waals surface area contributed by atoms with Crippen LogP contribution in [0.2, 0.25) is 0 Å². The smallest absolute Gasteiger partial charge is 0.167 e. The summed E-state index contributed by atoms with van der Waals surface area (Å²) in [7, 11) is 0. The lowest BCUT2D eigenvalue weighted by Gasteiger charge is -2.81. The highest BCUT2D eigenvalue weighted by Gasteiger charge is 3.32. The Morgan fingerprint density at radius 2 is 0.586 bits per heavy atom. The van der Waals surface area contributed by atoms with Crippen LogP contribution in [0.1, 0.15) is 6.42 Å². The lowest BCUT2D eigenvalue weighted by atomic mass is 9.41. The fraction of sp³-hybridized carbons (Fsp3) is 0.842. The van der Waals surface area contributed by atoms with Crippen LogP contribution in [0.25, 0.3) is 0 Å². The van der Waals surface area contributed by atoms with E-state index >= 15 is 0 Å². The highest BCUT2D eigenvalue weighted by atomic mass is 35.6. The van der Waals surface area contributed by atoms with E-state index in [1.807, 2.05) is 12.2 Å². The van der Waals surface area contributed by atoms with Gasteiger partial charge in [0.05, 0.1) is 70.0 Å². The molecule has 1 heterocycles. The van der Waals surface area contributed by atoms with E-state index < -0.39 is 108 Å². The Hall–Kier alpha value is 8.17. The first-order chi connectivity index (χ1) is 31.4. The summed E-state index contributed by atoms with van der Waals surface area (Å²) in [5.74, 6) is 0.306. The maximum atomic E-state index is 6.82. The van der Waals surface area contributed by atoms with E-state index in [9.17, 15) is 0 Å². The first kappa shape index (κ1) is 59.9. The summed E-state index contributed by atoms with van der Waals surface area (Å²) in [6.07, 6.45) is 5.33. The van der Waals surface area contributed by atoms with Gasteiger partial charge < -0.3 is 4.74 Å². The molecule has 11 saturated carbocycles. The van der Waals surface area contributed by atoms with Gasteiger partial charge in [-0.1, -0.05) is 151 Å². The Kier molecular flexibility index (Phi) is 14.0. The average molecular weight is 1590 g/mol. The average Bonchev–Trinajstić information content (AvgIpc) is 3.43. The first-order valence-electron chi connectivity index (χ1n) is 20.2. The summed E-state index contributed by atoms with van der Waals surface area (Å²) in [5.41, 5.74) is 0. The molecule has 0 aromatic heterocycles. The normalized spacial score (nSPS) is 66.1. The monoisotopic (exact) mass is 1580 g/mol. The minimum Gasteiger partial charge on any atom is -0.369 e. The van der Waals surface area contributed by atoms with Gasteiger partial charge in [0, 0.05) is 11.8 Å². The SMILES string of the molecule is ClC1(Cl)C2(Cl)C3(Cl)C4(Cl)C(Cl)(Cl)C5(Cl)C3(Cl)C1(Cl)C5(Cl)C24Cl.ClC1=C(Cl)C2(Cl)C3C(Cl)C=CC3C1(Cl)C2(Cl)Cl.ClC1=C(Cl)C2(Cl)C3C4CC(C5OC45)C3C1(Cl)C2(Cl)Cl.Cl[C@H]1[C@H](Cl)[C@@H](Cl)[C@@H](Cl)[C@H](Cl)[C@H]1Cl. The van der Waals surface area contributed by atoms with Crippen LogP contribution >= 0.6 is 360 Å². The van der Waals surface area contributed by atoms with Crippen molar-refractivity contribution < 1.29 is 4.74 Å². The van der Waals surface area contributed by atoms with Gasteiger partial charge in [0.1, 0.15) is 58.5 Å². The summed E-state index contributed by atoms with van der Waals surface area (Å²) in [6.45, 7) is 0. The second-order valence-corrected chi connectivity index (χ2v) is 37.2. The number of hydrogen-bond acceptors (Lipinski definition) is 1. The molecular formula is C38H19Cl31O. The fourth-order valence-electron chi connectivity index (χ4n) is 15.3. The second kappa shape index (κ2) is 16.4. The maximum absolute atomic E-state index is 6.82. The topological polar surface area (TPSA) is 12.5 Å². The minimum atomic E-state index is -1.92. The molecule has 32 heteroatoms. The molecule has 13 atom stereocenters. The molecule has 0 spiro atoms. The summed E-state index contributed by atoms with van der Waals surface area (Å²) in [6, 6.07) is 0. The number of allylic oxidation sites excluding steroid dienone is 6. The molecule has 15 aliphatic rings. The predicted octanol–water partition coefficient (Wildman–Crippen LogP) is 19.6. The van der Waals surface area contributed by atoms with Gasteiger partial charge in [-0.3, -0.25) is 0 Å². The quantitative estimate of drug-likeness (QED) is 0.102. The van der Waals surface area contributed by atoms with Crippen LogP contribution in [0, 0.1) is 35.5 Å². The van der Waals surface area contributed by atoms with E-state index in [1.165, 1.54) is 0 Å². The largest absolute Gasteiger partial charge is 0.369 e. The number of ether oxygens (including phenoxy) is 1. The van der Waals surface area contributed by atoms with Gasteiger partial charge >= 0.3 is 0 Å². The van der Waals surface area contributed by atoms with Crippen LogP contribution in [0.5, 0.6) is 0 Å². The Morgan fingerprint density at radius 1 is 0.329 bits per heavy atom. The van der Waals surface area contributed by atoms with E-state index in [0.717, 1.165) is 6.42 Å². The van der Waals surface area contributed by atoms with E-state index in [1.54, 1.807) is 0 Å². The molecule has 0 aromatic carbocycles. The fourth-order valence-corrected chi connectivity index (χ4v) is 34.4. The Bertz CT molecular complexity index is 2310. The van der Waals surface area contributed by atoms with Gasteiger partial charge in [-0.15, -0.1) is 220 Å². The van der Waals surface area contributed by atoms with Crippen LogP contribution in [0.15, 0.2) is 32.3 Å². The Balaban J connectivity index is 0.000000104. The number of rotatable bonds is 0. The lowest BCUT2D eigenvalue weighted by molar-refractivity contribution is 0.000455. The summed E-state index contributed by atoms with van der Waals surface area (Å²) >= 11 is 199. The zero-order chi connectivity index (χ0) is 52.8. The first-order valence-corrected chi connectivity index (χ1v) is 32.3. The van der Waals surface area contributed by atoms with Crippen LogP contribution in [-0.2, 0) is 4.74 Å². The molecule has 15 rings (SSSR count). The van der Waals surface area contributed by atoms with E-state index in [0.29, 0.717) is 21.9 Å². The van der Waals surface area contributed by atoms with Crippen molar-refractivity contribution in [2.24, 2.45) is 35.5 Å². The lowest BCUT2D eigenvalue weighted by Crippen LogP contribution is -3.03. The third-order valence-electron chi connectivity index (χ3n) is 18.1. The van der Waals surface area contributed by atoms with Crippen molar-refractivity contribution >= 4 is 360 Å². The number of hydrogen-bond donors (Lipinski definition) is 0. The number of halogens is 31. The highest BCUT2D eigenvalue weighted by Crippen LogP contribution is 3.13. The minimum absolute atomic E-state index is 0.0467. The zero-order valence-corrected chi connectivity index (χ0v) is 56.1. The Labute approximate surface area is 556 Å². The molecule has 10 bridgehead atoms. The van der Waals surface area contributed by atoms with Gasteiger partial charge in [0.15, 0.2) is 17.3 Å². The number of epoxide rings is 1. The van der Waals surface area contributed by atoms with Crippen molar-refractivity contribution in [3.05, 3.63) is 32.3 Å². The number of fused-ring (bicyclic) bond motifs is 17. The van der Waals surface area contributed by atoms with Gasteiger partial charge in [0.2, 0.25) is 0 Å². The standard InChI is InChI=1S/C12H8Cl6O.C10Cl12.C10H5Cl7.C6H6Cl6/c13-8-9(14)11(16)5-3-1-2(6-7(3)19-6)4(5)10(8,15)12(11,17)18;11-1-2(12)7(17)4(14)3(13,5(1,15)9(7,19)20)6(1,16)10(21,22)8(2,4)18;11-4-2-1-3-5(4)9(15)7(13)6(12)8(3,14)10(9,16)17;7-1-2(8)4(10)6(12)5(11)3(1)9/h2-7H,1H2;;1-5H;1-6H/t;;;1-,2-,3-,4+,5+,6+.